The van der Waals surface area contributed by atoms with Gasteiger partial charge in [0, 0.05) is 74.1 Å². The number of amides is 1. The van der Waals surface area contributed by atoms with Crippen LogP contribution >= 0.6 is 0 Å². The molecule has 18 heteroatoms. The van der Waals surface area contributed by atoms with Gasteiger partial charge in [0.25, 0.3) is 0 Å². The first kappa shape index (κ1) is 35.2. The molecule has 0 bridgehead atoms. The Labute approximate surface area is 279 Å². The number of rotatable bonds is 6. The highest BCUT2D eigenvalue weighted by molar-refractivity contribution is 5.87. The second-order valence-electron chi connectivity index (χ2n) is 11.0. The summed E-state index contributed by atoms with van der Waals surface area (Å²) in [7, 11) is 1.85. The number of pyridine rings is 2. The lowest BCUT2D eigenvalue weighted by molar-refractivity contribution is -0.274. The molecule has 0 saturated carbocycles. The Morgan fingerprint density at radius 2 is 1.58 bits per heavy atom. The van der Waals surface area contributed by atoms with Crippen LogP contribution in [0.1, 0.15) is 11.1 Å². The van der Waals surface area contributed by atoms with Crippen molar-refractivity contribution < 1.29 is 45.8 Å². The molecule has 1 aromatic carbocycles. The summed E-state index contributed by atoms with van der Waals surface area (Å²) in [5, 5.41) is 25.5. The van der Waals surface area contributed by atoms with Crippen LogP contribution in [0.25, 0.3) is 27.8 Å². The highest BCUT2D eigenvalue weighted by atomic mass is 19.4. The fourth-order valence-electron chi connectivity index (χ4n) is 5.16. The lowest BCUT2D eigenvalue weighted by Gasteiger charge is -2.35. The molecular formula is C32H26F6N8O4. The number of anilines is 1. The summed E-state index contributed by atoms with van der Waals surface area (Å²) in [5.41, 5.74) is 5.24. The molecule has 1 aliphatic rings. The third kappa shape index (κ3) is 8.47. The van der Waals surface area contributed by atoms with E-state index in [0.717, 1.165) is 28.1 Å². The Bertz CT molecular complexity index is 2030. The van der Waals surface area contributed by atoms with E-state index in [-0.39, 0.29) is 18.1 Å². The molecule has 0 radical (unpaired) electrons. The number of nitriles is 1. The summed E-state index contributed by atoms with van der Waals surface area (Å²) in [6.07, 6.45) is -0.878. The highest BCUT2D eigenvalue weighted by Gasteiger charge is 2.38. The number of aliphatic carboxylic acids is 1. The first-order valence-electron chi connectivity index (χ1n) is 14.7. The number of halogens is 6. The van der Waals surface area contributed by atoms with Gasteiger partial charge in [-0.2, -0.15) is 28.6 Å². The predicted molar refractivity (Wildman–Crippen MR) is 165 cm³/mol. The maximum atomic E-state index is 12.8. The Morgan fingerprint density at radius 3 is 2.12 bits per heavy atom. The van der Waals surface area contributed by atoms with Crippen LogP contribution < -0.4 is 9.64 Å². The minimum atomic E-state index is -5.08. The number of hydrogen-bond donors (Lipinski definition) is 1. The molecule has 0 aliphatic carbocycles. The maximum absolute atomic E-state index is 12.8. The van der Waals surface area contributed by atoms with Gasteiger partial charge >= 0.3 is 18.5 Å². The van der Waals surface area contributed by atoms with E-state index in [1.807, 2.05) is 37.6 Å². The zero-order valence-corrected chi connectivity index (χ0v) is 26.0. The zero-order valence-electron chi connectivity index (χ0n) is 26.0. The van der Waals surface area contributed by atoms with E-state index in [1.165, 1.54) is 24.3 Å². The van der Waals surface area contributed by atoms with Gasteiger partial charge in [-0.3, -0.25) is 9.48 Å². The van der Waals surface area contributed by atoms with E-state index in [1.54, 1.807) is 32.7 Å². The highest BCUT2D eigenvalue weighted by Crippen LogP contribution is 2.32. The van der Waals surface area contributed by atoms with Crippen LogP contribution in [0.4, 0.5) is 32.2 Å². The van der Waals surface area contributed by atoms with Crippen molar-refractivity contribution in [1.82, 2.24) is 29.3 Å². The van der Waals surface area contributed by atoms with Gasteiger partial charge in [0.2, 0.25) is 5.91 Å². The summed E-state index contributed by atoms with van der Waals surface area (Å²) >= 11 is 0. The predicted octanol–water partition coefficient (Wildman–Crippen LogP) is 5.09. The molecule has 1 fully saturated rings. The van der Waals surface area contributed by atoms with Gasteiger partial charge in [0.15, 0.2) is 0 Å². The van der Waals surface area contributed by atoms with E-state index >= 15 is 0 Å². The largest absolute Gasteiger partial charge is 0.573 e. The van der Waals surface area contributed by atoms with E-state index in [0.29, 0.717) is 42.8 Å². The van der Waals surface area contributed by atoms with Crippen LogP contribution in [0.3, 0.4) is 0 Å². The lowest BCUT2D eigenvalue weighted by Crippen LogP contribution is -2.49. The summed E-state index contributed by atoms with van der Waals surface area (Å²) in [6.45, 7) is 2.15. The summed E-state index contributed by atoms with van der Waals surface area (Å²) in [4.78, 5) is 30.3. The number of ether oxygens (including phenoxy) is 1. The second kappa shape index (κ2) is 14.2. The van der Waals surface area contributed by atoms with E-state index < -0.39 is 18.5 Å². The Kier molecular flexibility index (Phi) is 9.97. The third-order valence-electron chi connectivity index (χ3n) is 7.54. The monoisotopic (exact) mass is 700 g/mol. The first-order valence-corrected chi connectivity index (χ1v) is 14.7. The molecule has 5 aromatic rings. The van der Waals surface area contributed by atoms with Crippen LogP contribution in [-0.4, -0.2) is 85.0 Å². The van der Waals surface area contributed by atoms with Gasteiger partial charge in [-0.25, -0.2) is 14.3 Å². The molecule has 4 aromatic heterocycles. The zero-order chi connectivity index (χ0) is 36.2. The maximum Gasteiger partial charge on any atom is 0.573 e. The quantitative estimate of drug-likeness (QED) is 0.240. The minimum Gasteiger partial charge on any atom is -0.475 e. The number of benzene rings is 1. The van der Waals surface area contributed by atoms with Gasteiger partial charge in [-0.15, -0.1) is 13.2 Å². The van der Waals surface area contributed by atoms with Crippen molar-refractivity contribution in [2.45, 2.75) is 19.0 Å². The number of nitrogens with zero attached hydrogens (tertiary/aromatic N) is 8. The van der Waals surface area contributed by atoms with Crippen molar-refractivity contribution in [2.24, 2.45) is 7.05 Å². The molecule has 0 atom stereocenters. The Hall–Kier alpha value is -6.12. The van der Waals surface area contributed by atoms with Crippen LogP contribution in [0, 0.1) is 11.3 Å². The average Bonchev–Trinajstić information content (AvgIpc) is 3.70. The van der Waals surface area contributed by atoms with Crippen molar-refractivity contribution in [2.75, 3.05) is 31.1 Å². The second-order valence-corrected chi connectivity index (χ2v) is 11.0. The number of alkyl halides is 6. The van der Waals surface area contributed by atoms with E-state index in [4.69, 9.17) is 14.9 Å². The fourth-order valence-corrected chi connectivity index (χ4v) is 5.16. The van der Waals surface area contributed by atoms with Gasteiger partial charge in [0.1, 0.15) is 17.6 Å². The molecule has 1 amide bonds. The van der Waals surface area contributed by atoms with Crippen molar-refractivity contribution in [3.05, 3.63) is 84.6 Å². The van der Waals surface area contributed by atoms with Gasteiger partial charge in [-0.1, -0.05) is 12.1 Å². The SMILES string of the molecule is Cn1cc(-c2cc(-c3ccc(N4CCN(C(=O)Cc5ccc(OC(F)(F)F)cc5)CC4)nc3)c3c(C#N)cnn3c2)cn1.O=C(O)C(F)(F)F. The molecule has 50 heavy (non-hydrogen) atoms. The number of carbonyl (C=O) groups excluding carboxylic acids is 1. The molecule has 1 saturated heterocycles. The number of carboxylic acid groups (broad SMARTS) is 1. The number of carboxylic acids is 1. The standard InChI is InChI=1S/C30H25F3N8O2.C2HF3O2/c1-38-18-24(17-36-38)22-13-26(29-23(14-34)16-37-41(29)19-22)21-4-7-27(35-15-21)39-8-10-40(11-9-39)28(42)12-20-2-5-25(6-3-20)43-30(31,32)33;3-2(4,5)1(6)7/h2-7,13,15-19H,8-12H2,1H3;(H,6,7). The summed E-state index contributed by atoms with van der Waals surface area (Å²) in [5.74, 6) is -2.41. The number of fused-ring (bicyclic) bond motifs is 1. The van der Waals surface area contributed by atoms with Crippen LogP contribution in [0.15, 0.2) is 73.4 Å². The normalized spacial score (nSPS) is 13.4. The molecule has 1 aliphatic heterocycles. The average molecular weight is 701 g/mol. The Morgan fingerprint density at radius 1 is 0.900 bits per heavy atom. The number of hydrogen-bond acceptors (Lipinski definition) is 8. The lowest BCUT2D eigenvalue weighted by atomic mass is 10.0. The first-order chi connectivity index (χ1) is 23.6. The summed E-state index contributed by atoms with van der Waals surface area (Å²) in [6, 6.07) is 13.4. The van der Waals surface area contributed by atoms with E-state index in [9.17, 15) is 36.4 Å². The molecule has 5 heterocycles. The molecular weight excluding hydrogens is 674 g/mol. The van der Waals surface area contributed by atoms with Crippen LogP contribution in [0.5, 0.6) is 5.75 Å². The van der Waals surface area contributed by atoms with Crippen molar-refractivity contribution >= 4 is 23.2 Å². The molecule has 12 nitrogen and oxygen atoms in total. The van der Waals surface area contributed by atoms with Gasteiger partial charge in [-0.05, 0) is 35.9 Å². The van der Waals surface area contributed by atoms with Crippen molar-refractivity contribution in [3.8, 4) is 34.1 Å². The third-order valence-corrected chi connectivity index (χ3v) is 7.54. The Balaban J connectivity index is 0.000000630. The van der Waals surface area contributed by atoms with Crippen molar-refractivity contribution in [3.63, 3.8) is 0 Å². The van der Waals surface area contributed by atoms with Gasteiger partial charge in [0.05, 0.1) is 29.9 Å². The number of aryl methyl sites for hydroxylation is 1. The smallest absolute Gasteiger partial charge is 0.475 e. The van der Waals surface area contributed by atoms with Crippen LogP contribution in [-0.2, 0) is 23.1 Å². The number of aromatic nitrogens is 5. The fraction of sp³-hybridized carbons (Fsp3) is 0.250. The molecule has 6 rings (SSSR count). The number of carbonyl (C=O) groups is 2. The molecule has 260 valence electrons. The molecule has 0 spiro atoms. The molecule has 1 N–H and O–H groups in total. The minimum absolute atomic E-state index is 0.0884. The summed E-state index contributed by atoms with van der Waals surface area (Å²) < 4.78 is 76.2. The topological polar surface area (TPSA) is 142 Å². The van der Waals surface area contributed by atoms with Gasteiger partial charge < -0.3 is 19.6 Å². The number of piperazine rings is 1. The van der Waals surface area contributed by atoms with Crippen LogP contribution in [0.2, 0.25) is 0 Å². The van der Waals surface area contributed by atoms with Crippen molar-refractivity contribution in [1.29, 1.82) is 5.26 Å². The molecule has 0 unspecified atom stereocenters. The van der Waals surface area contributed by atoms with E-state index in [2.05, 4.69) is 25.9 Å².